The lowest BCUT2D eigenvalue weighted by Crippen LogP contribution is -2.11. The molecule has 0 saturated carbocycles. The van der Waals surface area contributed by atoms with E-state index < -0.39 is 0 Å². The molecule has 1 aromatic heterocycles. The zero-order valence-electron chi connectivity index (χ0n) is 8.93. The first-order valence-electron chi connectivity index (χ1n) is 5.24. The van der Waals surface area contributed by atoms with Crippen LogP contribution < -0.4 is 10.6 Å². The molecule has 0 aliphatic carbocycles. The summed E-state index contributed by atoms with van der Waals surface area (Å²) in [6.07, 6.45) is 1.54. The van der Waals surface area contributed by atoms with Gasteiger partial charge in [-0.1, -0.05) is 10.6 Å². The van der Waals surface area contributed by atoms with E-state index in [1.165, 1.54) is 28.9 Å². The largest absolute Gasteiger partial charge is 0.311 e. The summed E-state index contributed by atoms with van der Waals surface area (Å²) in [5, 5.41) is 10.3. The standard InChI is InChI=1S/C11H10N4OS/c16-11(14-10-6-13-15-17-10)7-1-2-8-4-12-5-9(8)3-7/h1-3,6,12H,4-5H2,(H,14,16). The van der Waals surface area contributed by atoms with Gasteiger partial charge in [0, 0.05) is 30.2 Å². The van der Waals surface area contributed by atoms with Gasteiger partial charge in [-0.15, -0.1) is 5.10 Å². The van der Waals surface area contributed by atoms with Crippen molar-refractivity contribution in [1.29, 1.82) is 0 Å². The first-order valence-corrected chi connectivity index (χ1v) is 6.01. The summed E-state index contributed by atoms with van der Waals surface area (Å²) in [6.45, 7) is 1.72. The Morgan fingerprint density at radius 1 is 1.35 bits per heavy atom. The van der Waals surface area contributed by atoms with Gasteiger partial charge in [-0.05, 0) is 23.3 Å². The highest BCUT2D eigenvalue weighted by molar-refractivity contribution is 7.10. The number of carbonyl (C=O) groups excluding carboxylic acids is 1. The molecule has 2 N–H and O–H groups in total. The molecule has 0 fully saturated rings. The molecule has 0 radical (unpaired) electrons. The van der Waals surface area contributed by atoms with Gasteiger partial charge >= 0.3 is 0 Å². The minimum atomic E-state index is -0.120. The third-order valence-electron chi connectivity index (χ3n) is 2.70. The average Bonchev–Trinajstić information content (AvgIpc) is 2.97. The van der Waals surface area contributed by atoms with Gasteiger partial charge in [-0.25, -0.2) is 0 Å². The monoisotopic (exact) mass is 246 g/mol. The fourth-order valence-corrected chi connectivity index (χ4v) is 2.26. The Kier molecular flexibility index (Phi) is 2.58. The van der Waals surface area contributed by atoms with E-state index in [1.54, 1.807) is 0 Å². The van der Waals surface area contributed by atoms with Gasteiger partial charge in [0.1, 0.15) is 5.00 Å². The van der Waals surface area contributed by atoms with Gasteiger partial charge in [0.2, 0.25) is 0 Å². The molecule has 1 amide bonds. The van der Waals surface area contributed by atoms with Crippen molar-refractivity contribution < 1.29 is 4.79 Å². The highest BCUT2D eigenvalue weighted by Crippen LogP contribution is 2.18. The van der Waals surface area contributed by atoms with Crippen molar-refractivity contribution in [3.05, 3.63) is 41.1 Å². The van der Waals surface area contributed by atoms with Gasteiger partial charge in [-0.3, -0.25) is 4.79 Å². The Morgan fingerprint density at radius 3 is 3.06 bits per heavy atom. The number of hydrogen-bond donors (Lipinski definition) is 2. The Hall–Kier alpha value is -1.79. The highest BCUT2D eigenvalue weighted by Gasteiger charge is 2.13. The zero-order chi connectivity index (χ0) is 11.7. The predicted octanol–water partition coefficient (Wildman–Crippen LogP) is 1.39. The van der Waals surface area contributed by atoms with Crippen LogP contribution in [0.2, 0.25) is 0 Å². The van der Waals surface area contributed by atoms with Gasteiger partial charge in [0.05, 0.1) is 6.20 Å². The molecular formula is C11H10N4OS. The molecule has 1 aliphatic heterocycles. The van der Waals surface area contributed by atoms with E-state index in [0.29, 0.717) is 10.6 Å². The number of benzene rings is 1. The smallest absolute Gasteiger partial charge is 0.256 e. The third-order valence-corrected chi connectivity index (χ3v) is 3.28. The van der Waals surface area contributed by atoms with E-state index in [0.717, 1.165) is 13.1 Å². The summed E-state index contributed by atoms with van der Waals surface area (Å²) < 4.78 is 3.69. The van der Waals surface area contributed by atoms with Gasteiger partial charge in [0.15, 0.2) is 0 Å². The number of anilines is 1. The van der Waals surface area contributed by atoms with E-state index in [-0.39, 0.29) is 5.91 Å². The molecule has 2 aromatic rings. The third kappa shape index (κ3) is 2.04. The molecule has 0 atom stereocenters. The first-order chi connectivity index (χ1) is 8.33. The van der Waals surface area contributed by atoms with Crippen LogP contribution in [0.25, 0.3) is 0 Å². The predicted molar refractivity (Wildman–Crippen MR) is 64.8 cm³/mol. The van der Waals surface area contributed by atoms with Crippen LogP contribution in [0.1, 0.15) is 21.5 Å². The summed E-state index contributed by atoms with van der Waals surface area (Å²) >= 11 is 1.17. The summed E-state index contributed by atoms with van der Waals surface area (Å²) in [7, 11) is 0. The van der Waals surface area contributed by atoms with Crippen molar-refractivity contribution in [3.63, 3.8) is 0 Å². The number of fused-ring (bicyclic) bond motifs is 1. The van der Waals surface area contributed by atoms with Crippen molar-refractivity contribution >= 4 is 22.4 Å². The number of amides is 1. The molecule has 6 heteroatoms. The molecule has 1 aliphatic rings. The molecule has 86 valence electrons. The summed E-state index contributed by atoms with van der Waals surface area (Å²) in [6, 6.07) is 5.77. The molecule has 0 unspecified atom stereocenters. The van der Waals surface area contributed by atoms with Crippen LogP contribution in [-0.4, -0.2) is 15.5 Å². The lowest BCUT2D eigenvalue weighted by Gasteiger charge is -2.04. The maximum Gasteiger partial charge on any atom is 0.256 e. The number of hydrogen-bond acceptors (Lipinski definition) is 5. The quantitative estimate of drug-likeness (QED) is 0.840. The summed E-state index contributed by atoms with van der Waals surface area (Å²) in [4.78, 5) is 11.9. The van der Waals surface area contributed by atoms with E-state index in [4.69, 9.17) is 0 Å². The van der Waals surface area contributed by atoms with E-state index in [2.05, 4.69) is 20.2 Å². The Labute approximate surface area is 102 Å². The van der Waals surface area contributed by atoms with Crippen LogP contribution in [0.4, 0.5) is 5.00 Å². The Bertz CT molecular complexity index is 553. The van der Waals surface area contributed by atoms with Crippen LogP contribution in [-0.2, 0) is 13.1 Å². The van der Waals surface area contributed by atoms with Crippen LogP contribution in [0, 0.1) is 0 Å². The second kappa shape index (κ2) is 4.23. The first kappa shape index (κ1) is 10.4. The van der Waals surface area contributed by atoms with E-state index in [1.807, 2.05) is 18.2 Å². The molecule has 2 heterocycles. The molecule has 5 nitrogen and oxygen atoms in total. The molecule has 0 bridgehead atoms. The topological polar surface area (TPSA) is 66.9 Å². The van der Waals surface area contributed by atoms with Gasteiger partial charge in [-0.2, -0.15) is 0 Å². The van der Waals surface area contributed by atoms with E-state index >= 15 is 0 Å². The van der Waals surface area contributed by atoms with Crippen LogP contribution in [0.5, 0.6) is 0 Å². The van der Waals surface area contributed by atoms with Crippen LogP contribution in [0.15, 0.2) is 24.4 Å². The van der Waals surface area contributed by atoms with Gasteiger partial charge in [0.25, 0.3) is 5.91 Å². The van der Waals surface area contributed by atoms with Crippen molar-refractivity contribution in [2.45, 2.75) is 13.1 Å². The minimum absolute atomic E-state index is 0.120. The molecule has 0 saturated heterocycles. The number of aromatic nitrogens is 2. The van der Waals surface area contributed by atoms with Crippen molar-refractivity contribution in [2.24, 2.45) is 0 Å². The second-order valence-corrected chi connectivity index (χ2v) is 4.61. The molecule has 3 rings (SSSR count). The lowest BCUT2D eigenvalue weighted by atomic mass is 10.1. The minimum Gasteiger partial charge on any atom is -0.311 e. The summed E-state index contributed by atoms with van der Waals surface area (Å²) in [5.41, 5.74) is 3.13. The van der Waals surface area contributed by atoms with Crippen molar-refractivity contribution in [2.75, 3.05) is 5.32 Å². The zero-order valence-corrected chi connectivity index (χ0v) is 9.75. The second-order valence-electron chi connectivity index (χ2n) is 3.82. The van der Waals surface area contributed by atoms with Gasteiger partial charge < -0.3 is 10.6 Å². The fraction of sp³-hybridized carbons (Fsp3) is 0.182. The van der Waals surface area contributed by atoms with Crippen LogP contribution >= 0.6 is 11.5 Å². The van der Waals surface area contributed by atoms with Crippen molar-refractivity contribution in [3.8, 4) is 0 Å². The highest BCUT2D eigenvalue weighted by atomic mass is 32.1. The lowest BCUT2D eigenvalue weighted by molar-refractivity contribution is 0.102. The fourth-order valence-electron chi connectivity index (χ4n) is 1.84. The van der Waals surface area contributed by atoms with Crippen molar-refractivity contribution in [1.82, 2.24) is 14.9 Å². The normalized spacial score (nSPS) is 13.4. The molecule has 0 spiro atoms. The molecule has 1 aromatic carbocycles. The molecular weight excluding hydrogens is 236 g/mol. The Balaban J connectivity index is 1.82. The SMILES string of the molecule is O=C(Nc1cnns1)c1ccc2c(c1)CNC2. The number of carbonyl (C=O) groups is 1. The Morgan fingerprint density at radius 2 is 2.24 bits per heavy atom. The van der Waals surface area contributed by atoms with E-state index in [9.17, 15) is 4.79 Å². The number of nitrogens with one attached hydrogen (secondary N) is 2. The average molecular weight is 246 g/mol. The molecule has 17 heavy (non-hydrogen) atoms. The maximum absolute atomic E-state index is 11.9. The van der Waals surface area contributed by atoms with Crippen LogP contribution in [0.3, 0.4) is 0 Å². The maximum atomic E-state index is 11.9. The number of rotatable bonds is 2. The number of nitrogens with zero attached hydrogens (tertiary/aromatic N) is 2. The summed E-state index contributed by atoms with van der Waals surface area (Å²) in [5.74, 6) is -0.120.